The number of aromatic nitrogens is 1. The third-order valence-corrected chi connectivity index (χ3v) is 26.6. The molecule has 6 amide bonds. The molecule has 4 fully saturated rings. The van der Waals surface area contributed by atoms with Crippen LogP contribution in [0, 0.1) is 16.2 Å². The predicted octanol–water partition coefficient (Wildman–Crippen LogP) is 4.51. The van der Waals surface area contributed by atoms with Crippen LogP contribution in [-0.4, -0.2) is 254 Å². The first kappa shape index (κ1) is 84.0. The summed E-state index contributed by atoms with van der Waals surface area (Å²) < 4.78 is 26.4. The van der Waals surface area contributed by atoms with E-state index in [1.165, 1.54) is 8.80 Å². The van der Waals surface area contributed by atoms with Crippen LogP contribution in [0.1, 0.15) is 149 Å². The van der Waals surface area contributed by atoms with Crippen LogP contribution in [0.2, 0.25) is 0 Å². The van der Waals surface area contributed by atoms with E-state index in [9.17, 15) is 38.4 Å². The van der Waals surface area contributed by atoms with Gasteiger partial charge in [-0.1, -0.05) is 104 Å². The Hall–Kier alpha value is -9.95. The minimum Gasteiger partial charge on any atom is -0.493 e. The zero-order valence-electron chi connectivity index (χ0n) is 65.2. The first-order valence-corrected chi connectivity index (χ1v) is 44.5. The molecule has 620 valence electrons. The second-order valence-corrected chi connectivity index (χ2v) is 34.6. The van der Waals surface area contributed by atoms with Crippen molar-refractivity contribution in [3.8, 4) is 5.75 Å². The normalized spacial score (nSPS) is 21.0. The maximum Gasteiger partial charge on any atom is 0.592 e. The van der Waals surface area contributed by atoms with Gasteiger partial charge in [-0.15, -0.1) is 0 Å². The Balaban J connectivity index is 0.482. The van der Waals surface area contributed by atoms with E-state index in [2.05, 4.69) is 63.5 Å². The quantitative estimate of drug-likeness (QED) is 0.0188. The molecule has 0 radical (unpaired) electrons. The molecular formula is C80H107N21O12S2Si. The van der Waals surface area contributed by atoms with E-state index in [-0.39, 0.29) is 112 Å². The van der Waals surface area contributed by atoms with Gasteiger partial charge in [0.2, 0.25) is 29.5 Å². The first-order valence-electron chi connectivity index (χ1n) is 40.6. The van der Waals surface area contributed by atoms with Crippen LogP contribution < -0.4 is 63.2 Å². The summed E-state index contributed by atoms with van der Waals surface area (Å²) in [5.41, 5.74) is 4.15. The number of rotatable bonds is 45. The van der Waals surface area contributed by atoms with Gasteiger partial charge >= 0.3 is 15.0 Å². The van der Waals surface area contributed by atoms with E-state index in [4.69, 9.17) is 50.2 Å². The molecule has 0 aliphatic carbocycles. The highest BCUT2D eigenvalue weighted by Crippen LogP contribution is 2.44. The maximum atomic E-state index is 13.2. The zero-order chi connectivity index (χ0) is 80.8. The topological polar surface area (TPSA) is 445 Å². The van der Waals surface area contributed by atoms with Gasteiger partial charge in [-0.3, -0.25) is 53.9 Å². The fourth-order valence-electron chi connectivity index (χ4n) is 15.6. The molecule has 4 saturated heterocycles. The number of fused-ring (bicyclic) bond motifs is 13. The van der Waals surface area contributed by atoms with Crippen LogP contribution in [0.25, 0.3) is 10.8 Å². The maximum absolute atomic E-state index is 13.2. The largest absolute Gasteiger partial charge is 0.592 e. The van der Waals surface area contributed by atoms with Crippen LogP contribution in [0.4, 0.5) is 10.6 Å². The number of nitrogens with zero attached hydrogens (tertiary/aromatic N) is 7. The number of unbranched alkanes of at least 4 members (excludes halogenated alkanes) is 6. The molecule has 5 aromatic rings. The van der Waals surface area contributed by atoms with Crippen molar-refractivity contribution in [1.29, 1.82) is 16.2 Å². The zero-order valence-corrected chi connectivity index (χ0v) is 67.9. The number of thioether (sulfide) groups is 2. The smallest absolute Gasteiger partial charge is 0.493 e. The number of benzene rings is 4. The molecule has 2 bridgehead atoms. The van der Waals surface area contributed by atoms with Crippen LogP contribution >= 0.6 is 23.5 Å². The van der Waals surface area contributed by atoms with Crippen molar-refractivity contribution in [1.82, 2.24) is 72.2 Å². The average molecular weight is 1650 g/mol. The van der Waals surface area contributed by atoms with Crippen LogP contribution in [-0.2, 0) is 38.2 Å². The molecule has 0 saturated carbocycles. The number of carbonyl (C=O) groups excluding carboxylic acids is 6. The van der Waals surface area contributed by atoms with E-state index in [0.717, 1.165) is 55.6 Å². The number of aliphatic imine (C=N–C) groups is 4. The van der Waals surface area contributed by atoms with E-state index in [1.807, 2.05) is 108 Å². The first-order chi connectivity index (χ1) is 56.5. The standard InChI is InChI=1S/C80H107N21O12S2Si/c81-71-52-21-3-4-22-53(52)72(94-71)96-75-56-25-7-8-26-57(56)76-97-73-54-23-5-6-24-55(54)74(95-73)98-77-68-51(46-100(77)116(108,109)101(75)76)20-18-27-60(68)112-40-19-41-113-80(107)89-37-13-1-2-30-65(104)88-38-42-110-44-45-111-43-39-99(47-66(105)86-35-16-14-33-84-63(102)31-11-9-28-61-69-58(49-114-61)90-78(82)92-69)48-67(106)87-36-17-15-34-85-64(103)32-12-10-29-62-70-59(50-115-62)91-79(83)93-70/h3-8,18,20-27,46,58-59,61-62,69-70,75,108-109H,1-2,9-17,19,28-45,47-50H2,(H,84,102)(H,85,103)(H,86,105)(H,87,106)(H,88,104)(H,89,107)(H2,81,94,96)(H3,82,90,92)(H3,83,91,93)/b97-76-,98-74-/t58-,59-,61-,62-,69-,70-,75?/m0/s1. The van der Waals surface area contributed by atoms with Crippen molar-refractivity contribution in [3.05, 3.63) is 131 Å². The molecular weight excluding hydrogens is 1540 g/mol. The summed E-state index contributed by atoms with van der Waals surface area (Å²) in [7, 11) is -4.97. The van der Waals surface area contributed by atoms with Gasteiger partial charge in [0.25, 0.3) is 0 Å². The lowest BCUT2D eigenvalue weighted by Crippen LogP contribution is -2.63. The van der Waals surface area contributed by atoms with E-state index in [1.54, 1.807) is 17.2 Å². The van der Waals surface area contributed by atoms with Crippen molar-refractivity contribution in [2.24, 2.45) is 20.0 Å². The lowest BCUT2D eigenvalue weighted by molar-refractivity contribution is -0.126. The Labute approximate surface area is 684 Å². The van der Waals surface area contributed by atoms with Crippen molar-refractivity contribution >= 4 is 126 Å². The molecule has 16 N–H and O–H groups in total. The van der Waals surface area contributed by atoms with Crippen molar-refractivity contribution in [2.75, 3.05) is 110 Å². The van der Waals surface area contributed by atoms with Crippen LogP contribution in [0.15, 0.2) is 117 Å². The summed E-state index contributed by atoms with van der Waals surface area (Å²) >= 11 is 3.85. The summed E-state index contributed by atoms with van der Waals surface area (Å²) in [6, 6.07) is 29.2. The molecule has 0 spiro atoms. The Morgan fingerprint density at radius 1 is 0.517 bits per heavy atom. The fraction of sp³-hybridized carbons (Fsp3) is 0.512. The number of amides is 6. The number of amidine groups is 5. The summed E-state index contributed by atoms with van der Waals surface area (Å²) in [5.74, 6) is 4.31. The van der Waals surface area contributed by atoms with Gasteiger partial charge in [0, 0.05) is 138 Å². The number of alkyl carbamates (subject to hydrolysis) is 1. The summed E-state index contributed by atoms with van der Waals surface area (Å²) in [5, 5.41) is 60.2. The third-order valence-electron chi connectivity index (χ3n) is 21.5. The minimum atomic E-state index is -4.97. The molecule has 36 heteroatoms. The van der Waals surface area contributed by atoms with Gasteiger partial charge in [-0.2, -0.15) is 23.5 Å². The van der Waals surface area contributed by atoms with Gasteiger partial charge in [-0.25, -0.2) is 24.8 Å². The van der Waals surface area contributed by atoms with E-state index in [0.29, 0.717) is 213 Å². The molecule has 9 heterocycles. The molecule has 7 atom stereocenters. The van der Waals surface area contributed by atoms with Gasteiger partial charge in [0.05, 0.1) is 82.3 Å². The van der Waals surface area contributed by atoms with Crippen molar-refractivity contribution in [3.63, 3.8) is 0 Å². The summed E-state index contributed by atoms with van der Waals surface area (Å²) in [4.78, 5) is 124. The van der Waals surface area contributed by atoms with Crippen LogP contribution in [0.3, 0.4) is 0 Å². The van der Waals surface area contributed by atoms with Gasteiger partial charge in [-0.05, 0) is 70.3 Å². The summed E-state index contributed by atoms with van der Waals surface area (Å²) in [6.07, 6.45) is 11.9. The van der Waals surface area contributed by atoms with Crippen LogP contribution in [0.5, 0.6) is 5.75 Å². The lowest BCUT2D eigenvalue weighted by atomic mass is 10.0. The average Bonchev–Trinajstić information content (AvgIpc) is 1.55. The number of hydrogen-bond acceptors (Lipinski definition) is 23. The Bertz CT molecular complexity index is 4420. The highest BCUT2D eigenvalue weighted by atomic mass is 32.2. The molecule has 8 aliphatic rings. The highest BCUT2D eigenvalue weighted by molar-refractivity contribution is 8.00. The molecule has 13 rings (SSSR count). The molecule has 4 aromatic carbocycles. The SMILES string of the molecule is N=C1N[C@H]2[C@H](CS[C@H]2CCCCC(=O)NCCCCNC(=O)CN(CCOCCOCCNC(=O)CCCCCNC(=O)OCCCOc2cccc3cn4c(c23)/N=C2N=C(/N=C3/c5ccccc5C(NC5=NC(=N)c6ccccc65)N3[Si]4(O)O)c3ccccc3\2)CC(=O)NCCCCNC(=O)CCCC[C@@H]2SC[C@@H]3NC(=N)N[C@@H]32)N1. The number of guanidine groups is 2. The van der Waals surface area contributed by atoms with Gasteiger partial charge in [0.15, 0.2) is 29.4 Å². The number of nitrogens with one attached hydrogen (secondary N) is 14. The number of carbonyl (C=O) groups is 6. The second-order valence-electron chi connectivity index (χ2n) is 29.9. The van der Waals surface area contributed by atoms with Gasteiger partial charge in [0.1, 0.15) is 29.4 Å². The molecule has 8 aliphatic heterocycles. The van der Waals surface area contributed by atoms with E-state index >= 15 is 0 Å². The molecule has 1 unspecified atom stereocenters. The fourth-order valence-corrected chi connectivity index (χ4v) is 20.6. The third kappa shape index (κ3) is 22.0. The monoisotopic (exact) mass is 1650 g/mol. The van der Waals surface area contributed by atoms with E-state index < -0.39 is 21.1 Å². The van der Waals surface area contributed by atoms with Gasteiger partial charge < -0.3 is 87.0 Å². The number of hydrogen-bond donors (Lipinski definition) is 16. The summed E-state index contributed by atoms with van der Waals surface area (Å²) in [6.45, 7) is 4.01. The van der Waals surface area contributed by atoms with Crippen molar-refractivity contribution < 1.29 is 57.3 Å². The minimum absolute atomic E-state index is 0.0185. The highest BCUT2D eigenvalue weighted by Gasteiger charge is 2.55. The lowest BCUT2D eigenvalue weighted by Gasteiger charge is -2.36. The molecule has 33 nitrogen and oxygen atoms in total. The Kier molecular flexibility index (Phi) is 29.9. The number of ether oxygens (including phenoxy) is 4. The second kappa shape index (κ2) is 41.2. The Morgan fingerprint density at radius 3 is 1.68 bits per heavy atom. The van der Waals surface area contributed by atoms with Crippen molar-refractivity contribution in [2.45, 2.75) is 150 Å². The predicted molar refractivity (Wildman–Crippen MR) is 449 cm³/mol. The molecule has 1 aromatic heterocycles. The molecule has 116 heavy (non-hydrogen) atoms. The Morgan fingerprint density at radius 2 is 1.05 bits per heavy atom.